The summed E-state index contributed by atoms with van der Waals surface area (Å²) < 4.78 is 0. The van der Waals surface area contributed by atoms with Crippen LogP contribution in [-0.4, -0.2) is 47.8 Å². The predicted molar refractivity (Wildman–Crippen MR) is 88.9 cm³/mol. The minimum atomic E-state index is -0.784. The van der Waals surface area contributed by atoms with Crippen LogP contribution in [0.4, 0.5) is 5.69 Å². The predicted octanol–water partition coefficient (Wildman–Crippen LogP) is 2.58. The lowest BCUT2D eigenvalue weighted by atomic mass is 10.0. The van der Waals surface area contributed by atoms with Crippen LogP contribution in [-0.2, 0) is 0 Å². The molecule has 2 rings (SSSR count). The number of likely N-dealkylation sites (N-methyl/N-ethyl adjacent to an activating group) is 1. The summed E-state index contributed by atoms with van der Waals surface area (Å²) in [4.78, 5) is 6.61. The molecule has 0 spiro atoms. The Hall–Kier alpha value is -1.65. The number of anilines is 1. The van der Waals surface area contributed by atoms with E-state index in [1.165, 1.54) is 0 Å². The van der Waals surface area contributed by atoms with E-state index in [2.05, 4.69) is 23.3 Å². The number of para-hydroxylation sites is 1. The van der Waals surface area contributed by atoms with E-state index in [0.29, 0.717) is 13.1 Å². The second-order valence-electron chi connectivity index (χ2n) is 6.30. The maximum Gasteiger partial charge on any atom is 0.0917 e. The molecule has 1 heterocycles. The van der Waals surface area contributed by atoms with Crippen LogP contribution in [0.3, 0.4) is 0 Å². The normalized spacial score (nSPS) is 14.4. The van der Waals surface area contributed by atoms with E-state index in [1.807, 2.05) is 51.0 Å². The lowest BCUT2D eigenvalue weighted by Crippen LogP contribution is -2.43. The number of nitrogens with one attached hydrogen (secondary N) is 1. The molecule has 1 unspecified atom stereocenters. The van der Waals surface area contributed by atoms with Gasteiger partial charge in [0.05, 0.1) is 11.1 Å². The Labute approximate surface area is 126 Å². The van der Waals surface area contributed by atoms with Crippen molar-refractivity contribution in [3.8, 4) is 0 Å². The Morgan fingerprint density at radius 3 is 2.57 bits per heavy atom. The maximum atomic E-state index is 10.5. The molecule has 1 atom stereocenters. The molecule has 0 amide bonds. The summed E-state index contributed by atoms with van der Waals surface area (Å²) in [5, 5.41) is 15.0. The topological polar surface area (TPSA) is 48.4 Å². The Morgan fingerprint density at radius 1 is 1.24 bits per heavy atom. The molecule has 2 N–H and O–H groups in total. The van der Waals surface area contributed by atoms with Gasteiger partial charge in [-0.1, -0.05) is 18.2 Å². The zero-order chi connectivity index (χ0) is 15.6. The van der Waals surface area contributed by atoms with Gasteiger partial charge in [0.1, 0.15) is 0 Å². The Bertz CT molecular complexity index is 635. The zero-order valence-electron chi connectivity index (χ0n) is 13.6. The van der Waals surface area contributed by atoms with Crippen molar-refractivity contribution in [2.75, 3.05) is 32.5 Å². The fraction of sp³-hybridized carbons (Fsp3) is 0.471. The average Bonchev–Trinajstić information content (AvgIpc) is 2.37. The standard InChI is InChI=1S/C17H25N3O/c1-12-13(2)19-15-9-7-6-8-14(15)16(12)18-10-17(3,21)11-20(4)5/h6-9,21H,10-11H2,1-5H3,(H,18,19). The summed E-state index contributed by atoms with van der Waals surface area (Å²) >= 11 is 0. The fourth-order valence-corrected chi connectivity index (χ4v) is 2.67. The molecule has 4 nitrogen and oxygen atoms in total. The number of hydrogen-bond donors (Lipinski definition) is 2. The third kappa shape index (κ3) is 3.71. The van der Waals surface area contributed by atoms with Gasteiger partial charge in [-0.15, -0.1) is 0 Å². The zero-order valence-corrected chi connectivity index (χ0v) is 13.6. The van der Waals surface area contributed by atoms with Crippen molar-refractivity contribution in [2.24, 2.45) is 0 Å². The van der Waals surface area contributed by atoms with Gasteiger partial charge in [-0.2, -0.15) is 0 Å². The molecule has 1 aromatic heterocycles. The van der Waals surface area contributed by atoms with Crippen molar-refractivity contribution >= 4 is 16.6 Å². The Morgan fingerprint density at radius 2 is 1.90 bits per heavy atom. The van der Waals surface area contributed by atoms with Gasteiger partial charge >= 0.3 is 0 Å². The molecule has 0 aliphatic heterocycles. The molecule has 0 fully saturated rings. The number of benzene rings is 1. The van der Waals surface area contributed by atoms with Crippen LogP contribution in [0.2, 0.25) is 0 Å². The number of aliphatic hydroxyl groups is 1. The smallest absolute Gasteiger partial charge is 0.0917 e. The first-order valence-electron chi connectivity index (χ1n) is 7.27. The fourth-order valence-electron chi connectivity index (χ4n) is 2.67. The van der Waals surface area contributed by atoms with E-state index in [0.717, 1.165) is 27.8 Å². The summed E-state index contributed by atoms with van der Waals surface area (Å²) in [5.74, 6) is 0. The number of rotatable bonds is 5. The van der Waals surface area contributed by atoms with Gasteiger partial charge in [-0.25, -0.2) is 0 Å². The molecule has 1 aromatic carbocycles. The highest BCUT2D eigenvalue weighted by atomic mass is 16.3. The van der Waals surface area contributed by atoms with Gasteiger partial charge in [0.2, 0.25) is 0 Å². The van der Waals surface area contributed by atoms with Crippen molar-refractivity contribution in [2.45, 2.75) is 26.4 Å². The van der Waals surface area contributed by atoms with Crippen molar-refractivity contribution < 1.29 is 5.11 Å². The van der Waals surface area contributed by atoms with Crippen molar-refractivity contribution in [3.05, 3.63) is 35.5 Å². The first-order valence-corrected chi connectivity index (χ1v) is 7.27. The van der Waals surface area contributed by atoms with Crippen LogP contribution in [0, 0.1) is 13.8 Å². The molecule has 114 valence electrons. The lowest BCUT2D eigenvalue weighted by molar-refractivity contribution is 0.0460. The number of hydrogen-bond acceptors (Lipinski definition) is 4. The first-order chi connectivity index (χ1) is 9.80. The molecule has 0 aliphatic carbocycles. The monoisotopic (exact) mass is 287 g/mol. The van der Waals surface area contributed by atoms with Gasteiger partial charge < -0.3 is 15.3 Å². The van der Waals surface area contributed by atoms with E-state index in [1.54, 1.807) is 0 Å². The first kappa shape index (κ1) is 15.7. The number of aromatic nitrogens is 1. The summed E-state index contributed by atoms with van der Waals surface area (Å²) in [6.07, 6.45) is 0. The van der Waals surface area contributed by atoms with Crippen molar-refractivity contribution in [1.29, 1.82) is 0 Å². The molecule has 21 heavy (non-hydrogen) atoms. The number of fused-ring (bicyclic) bond motifs is 1. The van der Waals surface area contributed by atoms with Crippen LogP contribution in [0.1, 0.15) is 18.2 Å². The SMILES string of the molecule is Cc1nc2ccccc2c(NCC(C)(O)CN(C)C)c1C. The molecule has 4 heteroatoms. The highest BCUT2D eigenvalue weighted by Gasteiger charge is 2.22. The van der Waals surface area contributed by atoms with Crippen LogP contribution < -0.4 is 5.32 Å². The van der Waals surface area contributed by atoms with Crippen molar-refractivity contribution in [3.63, 3.8) is 0 Å². The Balaban J connectivity index is 2.31. The minimum absolute atomic E-state index is 0.499. The molecule has 2 aromatic rings. The van der Waals surface area contributed by atoms with Gasteiger partial charge in [-0.3, -0.25) is 4.98 Å². The molecule has 0 bridgehead atoms. The van der Waals surface area contributed by atoms with E-state index in [4.69, 9.17) is 0 Å². The lowest BCUT2D eigenvalue weighted by Gasteiger charge is -2.28. The summed E-state index contributed by atoms with van der Waals surface area (Å²) in [6.45, 7) is 7.05. The molecule has 0 saturated carbocycles. The third-order valence-electron chi connectivity index (χ3n) is 3.68. The van der Waals surface area contributed by atoms with Crippen LogP contribution in [0.15, 0.2) is 24.3 Å². The quantitative estimate of drug-likeness (QED) is 0.887. The second-order valence-corrected chi connectivity index (χ2v) is 6.30. The van der Waals surface area contributed by atoms with Gasteiger partial charge in [0.25, 0.3) is 0 Å². The van der Waals surface area contributed by atoms with Gasteiger partial charge in [0.15, 0.2) is 0 Å². The summed E-state index contributed by atoms with van der Waals surface area (Å²) in [7, 11) is 3.93. The summed E-state index contributed by atoms with van der Waals surface area (Å²) in [6, 6.07) is 8.10. The second kappa shape index (κ2) is 6.00. The van der Waals surface area contributed by atoms with Gasteiger partial charge in [-0.05, 0) is 46.5 Å². The maximum absolute atomic E-state index is 10.5. The van der Waals surface area contributed by atoms with Crippen LogP contribution >= 0.6 is 0 Å². The van der Waals surface area contributed by atoms with Crippen molar-refractivity contribution in [1.82, 2.24) is 9.88 Å². The highest BCUT2D eigenvalue weighted by molar-refractivity contribution is 5.93. The number of pyridine rings is 1. The number of aryl methyl sites for hydroxylation is 1. The summed E-state index contributed by atoms with van der Waals surface area (Å²) in [5.41, 5.74) is 3.42. The van der Waals surface area contributed by atoms with Crippen LogP contribution in [0.25, 0.3) is 10.9 Å². The Kier molecular flexibility index (Phi) is 4.49. The molecule has 0 saturated heterocycles. The highest BCUT2D eigenvalue weighted by Crippen LogP contribution is 2.28. The molecular formula is C17H25N3O. The van der Waals surface area contributed by atoms with E-state index < -0.39 is 5.60 Å². The minimum Gasteiger partial charge on any atom is -0.387 e. The van der Waals surface area contributed by atoms with Gasteiger partial charge in [0, 0.05) is 29.9 Å². The number of nitrogens with zero attached hydrogens (tertiary/aromatic N) is 2. The molecular weight excluding hydrogens is 262 g/mol. The largest absolute Gasteiger partial charge is 0.387 e. The average molecular weight is 287 g/mol. The van der Waals surface area contributed by atoms with E-state index in [9.17, 15) is 5.11 Å². The third-order valence-corrected chi connectivity index (χ3v) is 3.68. The molecule has 0 radical (unpaired) electrons. The van der Waals surface area contributed by atoms with E-state index in [-0.39, 0.29) is 0 Å². The molecule has 0 aliphatic rings. The van der Waals surface area contributed by atoms with Crippen LogP contribution in [0.5, 0.6) is 0 Å². The van der Waals surface area contributed by atoms with E-state index >= 15 is 0 Å².